The molecule has 3 rings (SSSR count). The van der Waals surface area contributed by atoms with Gasteiger partial charge in [-0.2, -0.15) is 0 Å². The van der Waals surface area contributed by atoms with Crippen molar-refractivity contribution in [3.8, 4) is 5.75 Å². The van der Waals surface area contributed by atoms with Crippen molar-refractivity contribution < 1.29 is 4.74 Å². The third-order valence-corrected chi connectivity index (χ3v) is 4.41. The molecule has 0 aromatic heterocycles. The molecule has 2 fully saturated rings. The highest BCUT2D eigenvalue weighted by Crippen LogP contribution is 2.36. The number of ether oxygens (including phenoxy) is 1. The Labute approximate surface area is 109 Å². The number of hydrogen-bond acceptors (Lipinski definition) is 3. The number of hydrogen-bond donors (Lipinski definition) is 1. The first-order valence-electron chi connectivity index (χ1n) is 6.86. The molecule has 1 spiro atoms. The topological polar surface area (TPSA) is 24.5 Å². The summed E-state index contributed by atoms with van der Waals surface area (Å²) >= 11 is 0. The highest BCUT2D eigenvalue weighted by Gasteiger charge is 2.39. The van der Waals surface area contributed by atoms with Crippen molar-refractivity contribution in [1.29, 1.82) is 0 Å². The Morgan fingerprint density at radius 3 is 2.78 bits per heavy atom. The van der Waals surface area contributed by atoms with Crippen LogP contribution in [0.2, 0.25) is 0 Å². The fourth-order valence-electron chi connectivity index (χ4n) is 3.30. The van der Waals surface area contributed by atoms with Gasteiger partial charge in [-0.1, -0.05) is 12.1 Å². The molecule has 0 bridgehead atoms. The van der Waals surface area contributed by atoms with Crippen LogP contribution in [-0.2, 0) is 6.54 Å². The van der Waals surface area contributed by atoms with Gasteiger partial charge in [-0.05, 0) is 49.0 Å². The van der Waals surface area contributed by atoms with Crippen molar-refractivity contribution in [2.24, 2.45) is 5.41 Å². The molecule has 18 heavy (non-hydrogen) atoms. The monoisotopic (exact) mass is 246 g/mol. The molecule has 2 heterocycles. The van der Waals surface area contributed by atoms with Gasteiger partial charge >= 0.3 is 0 Å². The summed E-state index contributed by atoms with van der Waals surface area (Å²) in [4.78, 5) is 2.59. The van der Waals surface area contributed by atoms with E-state index in [9.17, 15) is 0 Å². The van der Waals surface area contributed by atoms with E-state index in [4.69, 9.17) is 4.74 Å². The van der Waals surface area contributed by atoms with Crippen LogP contribution in [0.1, 0.15) is 18.4 Å². The Kier molecular flexibility index (Phi) is 3.27. The van der Waals surface area contributed by atoms with Crippen molar-refractivity contribution >= 4 is 0 Å². The summed E-state index contributed by atoms with van der Waals surface area (Å²) in [6.45, 7) is 5.99. The second-order valence-electron chi connectivity index (χ2n) is 5.74. The van der Waals surface area contributed by atoms with Gasteiger partial charge in [0.25, 0.3) is 0 Å². The largest absolute Gasteiger partial charge is 0.497 e. The minimum atomic E-state index is 0.576. The molecule has 0 radical (unpaired) electrons. The molecule has 0 saturated carbocycles. The lowest BCUT2D eigenvalue weighted by Crippen LogP contribution is -2.28. The maximum Gasteiger partial charge on any atom is 0.118 e. The van der Waals surface area contributed by atoms with E-state index in [0.29, 0.717) is 5.41 Å². The molecule has 1 unspecified atom stereocenters. The van der Waals surface area contributed by atoms with Crippen molar-refractivity contribution in [1.82, 2.24) is 10.2 Å². The second-order valence-corrected chi connectivity index (χ2v) is 5.74. The zero-order chi connectivity index (χ0) is 12.4. The summed E-state index contributed by atoms with van der Waals surface area (Å²) < 4.78 is 5.19. The highest BCUT2D eigenvalue weighted by molar-refractivity contribution is 5.27. The van der Waals surface area contributed by atoms with Crippen LogP contribution < -0.4 is 10.1 Å². The summed E-state index contributed by atoms with van der Waals surface area (Å²) in [7, 11) is 1.71. The van der Waals surface area contributed by atoms with Gasteiger partial charge in [0, 0.05) is 19.6 Å². The van der Waals surface area contributed by atoms with E-state index in [-0.39, 0.29) is 0 Å². The van der Waals surface area contributed by atoms with Crippen LogP contribution in [0.15, 0.2) is 24.3 Å². The normalized spacial score (nSPS) is 28.1. The molecule has 3 heteroatoms. The molecule has 98 valence electrons. The third kappa shape index (κ3) is 2.38. The number of likely N-dealkylation sites (tertiary alicyclic amines) is 1. The van der Waals surface area contributed by atoms with Crippen molar-refractivity contribution in [3.63, 3.8) is 0 Å². The standard InChI is InChI=1S/C15H22N2O/c1-18-14-4-2-13(3-5-14)10-17-9-7-15(12-17)6-8-16-11-15/h2-5,16H,6-12H2,1H3. The number of rotatable bonds is 3. The van der Waals surface area contributed by atoms with Gasteiger partial charge in [-0.25, -0.2) is 0 Å². The van der Waals surface area contributed by atoms with Gasteiger partial charge in [-0.15, -0.1) is 0 Å². The average molecular weight is 246 g/mol. The summed E-state index contributed by atoms with van der Waals surface area (Å²) in [5.41, 5.74) is 1.96. The molecule has 2 aliphatic heterocycles. The third-order valence-electron chi connectivity index (χ3n) is 4.41. The first-order chi connectivity index (χ1) is 8.80. The first kappa shape index (κ1) is 12.0. The molecule has 0 amide bonds. The van der Waals surface area contributed by atoms with Crippen LogP contribution in [0.4, 0.5) is 0 Å². The Morgan fingerprint density at radius 1 is 1.28 bits per heavy atom. The van der Waals surface area contributed by atoms with Crippen LogP contribution >= 0.6 is 0 Å². The van der Waals surface area contributed by atoms with Crippen molar-refractivity contribution in [2.75, 3.05) is 33.3 Å². The van der Waals surface area contributed by atoms with E-state index in [1.807, 2.05) is 0 Å². The Balaban J connectivity index is 1.60. The van der Waals surface area contributed by atoms with Crippen molar-refractivity contribution in [2.45, 2.75) is 19.4 Å². The van der Waals surface area contributed by atoms with Crippen LogP contribution in [0.25, 0.3) is 0 Å². The van der Waals surface area contributed by atoms with Gasteiger partial charge in [-0.3, -0.25) is 4.90 Å². The molecule has 2 aliphatic rings. The van der Waals surface area contributed by atoms with E-state index in [1.54, 1.807) is 7.11 Å². The lowest BCUT2D eigenvalue weighted by Gasteiger charge is -2.22. The fraction of sp³-hybridized carbons (Fsp3) is 0.600. The molecule has 1 N–H and O–H groups in total. The average Bonchev–Trinajstić information content (AvgIpc) is 3.02. The Bertz CT molecular complexity index is 395. The molecule has 2 saturated heterocycles. The lowest BCUT2D eigenvalue weighted by atomic mass is 9.86. The van der Waals surface area contributed by atoms with E-state index < -0.39 is 0 Å². The van der Waals surface area contributed by atoms with E-state index in [1.165, 1.54) is 44.6 Å². The van der Waals surface area contributed by atoms with E-state index in [2.05, 4.69) is 34.5 Å². The van der Waals surface area contributed by atoms with Crippen molar-refractivity contribution in [3.05, 3.63) is 29.8 Å². The number of nitrogens with one attached hydrogen (secondary N) is 1. The predicted molar refractivity (Wildman–Crippen MR) is 72.8 cm³/mol. The maximum atomic E-state index is 5.19. The van der Waals surface area contributed by atoms with E-state index >= 15 is 0 Å². The quantitative estimate of drug-likeness (QED) is 0.881. The minimum absolute atomic E-state index is 0.576. The molecule has 3 nitrogen and oxygen atoms in total. The molecular formula is C15H22N2O. The highest BCUT2D eigenvalue weighted by atomic mass is 16.5. The number of methoxy groups -OCH3 is 1. The molecule has 1 atom stereocenters. The number of nitrogens with zero attached hydrogens (tertiary/aromatic N) is 1. The van der Waals surface area contributed by atoms with E-state index in [0.717, 1.165) is 12.3 Å². The smallest absolute Gasteiger partial charge is 0.118 e. The Morgan fingerprint density at radius 2 is 2.11 bits per heavy atom. The van der Waals surface area contributed by atoms with Gasteiger partial charge in [0.05, 0.1) is 7.11 Å². The van der Waals surface area contributed by atoms with Crippen LogP contribution in [0, 0.1) is 5.41 Å². The summed E-state index contributed by atoms with van der Waals surface area (Å²) in [5.74, 6) is 0.941. The van der Waals surface area contributed by atoms with Gasteiger partial charge < -0.3 is 10.1 Å². The molecule has 1 aromatic rings. The zero-order valence-corrected chi connectivity index (χ0v) is 11.1. The van der Waals surface area contributed by atoms with Crippen LogP contribution in [0.5, 0.6) is 5.75 Å². The fourth-order valence-corrected chi connectivity index (χ4v) is 3.30. The molecule has 1 aromatic carbocycles. The SMILES string of the molecule is COc1ccc(CN2CCC3(CCNC3)C2)cc1. The summed E-state index contributed by atoms with van der Waals surface area (Å²) in [6.07, 6.45) is 2.71. The van der Waals surface area contributed by atoms with Gasteiger partial charge in [0.2, 0.25) is 0 Å². The summed E-state index contributed by atoms with van der Waals surface area (Å²) in [6, 6.07) is 8.46. The summed E-state index contributed by atoms with van der Waals surface area (Å²) in [5, 5.41) is 3.51. The molecular weight excluding hydrogens is 224 g/mol. The van der Waals surface area contributed by atoms with Crippen LogP contribution in [0.3, 0.4) is 0 Å². The first-order valence-corrected chi connectivity index (χ1v) is 6.86. The zero-order valence-electron chi connectivity index (χ0n) is 11.1. The maximum absolute atomic E-state index is 5.19. The Hall–Kier alpha value is -1.06. The number of benzene rings is 1. The van der Waals surface area contributed by atoms with Crippen LogP contribution in [-0.4, -0.2) is 38.2 Å². The second kappa shape index (κ2) is 4.90. The predicted octanol–water partition coefficient (Wildman–Crippen LogP) is 1.88. The van der Waals surface area contributed by atoms with Gasteiger partial charge in [0.1, 0.15) is 5.75 Å². The molecule has 0 aliphatic carbocycles. The minimum Gasteiger partial charge on any atom is -0.497 e. The van der Waals surface area contributed by atoms with Gasteiger partial charge in [0.15, 0.2) is 0 Å². The lowest BCUT2D eigenvalue weighted by molar-refractivity contribution is 0.268.